The molecule has 1 aromatic heterocycles. The quantitative estimate of drug-likeness (QED) is 0.670. The SMILES string of the molecule is Cn1nnc(-c2ccc(NCc3ccccc3)cc2)c1COC1CCCCO1. The molecular formula is C22H26N4O2. The lowest BCUT2D eigenvalue weighted by atomic mass is 10.1. The molecule has 4 rings (SSSR count). The summed E-state index contributed by atoms with van der Waals surface area (Å²) in [7, 11) is 1.90. The highest BCUT2D eigenvalue weighted by atomic mass is 16.7. The molecule has 1 unspecified atom stereocenters. The van der Waals surface area contributed by atoms with Crippen molar-refractivity contribution in [3.05, 3.63) is 65.9 Å². The van der Waals surface area contributed by atoms with Gasteiger partial charge in [0.05, 0.1) is 12.3 Å². The minimum atomic E-state index is -0.124. The average molecular weight is 378 g/mol. The number of hydrogen-bond acceptors (Lipinski definition) is 5. The van der Waals surface area contributed by atoms with Crippen LogP contribution in [0, 0.1) is 0 Å². The summed E-state index contributed by atoms with van der Waals surface area (Å²) >= 11 is 0. The smallest absolute Gasteiger partial charge is 0.158 e. The van der Waals surface area contributed by atoms with Crippen molar-refractivity contribution in [2.75, 3.05) is 11.9 Å². The van der Waals surface area contributed by atoms with Crippen LogP contribution in [0.4, 0.5) is 5.69 Å². The van der Waals surface area contributed by atoms with E-state index in [4.69, 9.17) is 9.47 Å². The molecule has 28 heavy (non-hydrogen) atoms. The van der Waals surface area contributed by atoms with Crippen LogP contribution >= 0.6 is 0 Å². The molecule has 1 N–H and O–H groups in total. The predicted octanol–water partition coefficient (Wildman–Crippen LogP) is 4.14. The standard InChI is InChI=1S/C22H26N4O2/c1-26-20(16-28-21-9-5-6-14-27-21)22(24-25-26)18-10-12-19(13-11-18)23-15-17-7-3-2-4-8-17/h2-4,7-8,10-13,21,23H,5-6,9,14-16H2,1H3. The molecule has 0 amide bonds. The van der Waals surface area contributed by atoms with Gasteiger partial charge in [-0.25, -0.2) is 4.68 Å². The Labute approximate surface area is 165 Å². The number of anilines is 1. The van der Waals surface area contributed by atoms with E-state index < -0.39 is 0 Å². The first-order chi connectivity index (χ1) is 13.8. The molecule has 6 heteroatoms. The summed E-state index contributed by atoms with van der Waals surface area (Å²) in [5, 5.41) is 12.0. The summed E-state index contributed by atoms with van der Waals surface area (Å²) in [5.41, 5.74) is 5.17. The summed E-state index contributed by atoms with van der Waals surface area (Å²) < 4.78 is 13.4. The fourth-order valence-corrected chi connectivity index (χ4v) is 3.32. The van der Waals surface area contributed by atoms with Gasteiger partial charge in [-0.1, -0.05) is 47.7 Å². The van der Waals surface area contributed by atoms with Gasteiger partial charge in [-0.15, -0.1) is 5.10 Å². The maximum absolute atomic E-state index is 5.95. The van der Waals surface area contributed by atoms with Crippen LogP contribution in [0.3, 0.4) is 0 Å². The van der Waals surface area contributed by atoms with Gasteiger partial charge >= 0.3 is 0 Å². The number of benzene rings is 2. The van der Waals surface area contributed by atoms with Crippen molar-refractivity contribution < 1.29 is 9.47 Å². The molecule has 0 bridgehead atoms. The third-order valence-corrected chi connectivity index (χ3v) is 4.98. The lowest BCUT2D eigenvalue weighted by molar-refractivity contribution is -0.169. The molecule has 2 heterocycles. The van der Waals surface area contributed by atoms with E-state index in [1.807, 2.05) is 13.1 Å². The second-order valence-electron chi connectivity index (χ2n) is 7.03. The van der Waals surface area contributed by atoms with Gasteiger partial charge in [-0.3, -0.25) is 0 Å². The third kappa shape index (κ3) is 4.58. The molecule has 0 spiro atoms. The van der Waals surface area contributed by atoms with Crippen molar-refractivity contribution in [2.24, 2.45) is 7.05 Å². The zero-order chi connectivity index (χ0) is 19.2. The Morgan fingerprint density at radius 1 is 1.11 bits per heavy atom. The lowest BCUT2D eigenvalue weighted by Gasteiger charge is -2.22. The molecule has 0 aliphatic carbocycles. The first-order valence-electron chi connectivity index (χ1n) is 9.79. The van der Waals surface area contributed by atoms with Crippen molar-refractivity contribution in [3.63, 3.8) is 0 Å². The Kier molecular flexibility index (Phi) is 5.99. The minimum absolute atomic E-state index is 0.124. The van der Waals surface area contributed by atoms with Crippen molar-refractivity contribution in [1.29, 1.82) is 0 Å². The molecule has 1 fully saturated rings. The van der Waals surface area contributed by atoms with Gasteiger partial charge in [-0.05, 0) is 37.0 Å². The highest BCUT2D eigenvalue weighted by Crippen LogP contribution is 2.25. The number of rotatable bonds is 7. The lowest BCUT2D eigenvalue weighted by Crippen LogP contribution is -2.22. The first-order valence-corrected chi connectivity index (χ1v) is 9.79. The fourth-order valence-electron chi connectivity index (χ4n) is 3.32. The highest BCUT2D eigenvalue weighted by Gasteiger charge is 2.18. The zero-order valence-corrected chi connectivity index (χ0v) is 16.2. The van der Waals surface area contributed by atoms with E-state index in [9.17, 15) is 0 Å². The average Bonchev–Trinajstić information content (AvgIpc) is 3.13. The molecule has 1 aliphatic heterocycles. The Bertz CT molecular complexity index is 871. The zero-order valence-electron chi connectivity index (χ0n) is 16.2. The second-order valence-corrected chi connectivity index (χ2v) is 7.03. The monoisotopic (exact) mass is 378 g/mol. The van der Waals surface area contributed by atoms with E-state index in [0.29, 0.717) is 6.61 Å². The number of nitrogens with one attached hydrogen (secondary N) is 1. The Morgan fingerprint density at radius 2 is 1.93 bits per heavy atom. The third-order valence-electron chi connectivity index (χ3n) is 4.98. The van der Waals surface area contributed by atoms with Gasteiger partial charge in [0.2, 0.25) is 0 Å². The van der Waals surface area contributed by atoms with Crippen LogP contribution in [0.5, 0.6) is 0 Å². The summed E-state index contributed by atoms with van der Waals surface area (Å²) in [5.74, 6) is 0. The van der Waals surface area contributed by atoms with E-state index in [-0.39, 0.29) is 6.29 Å². The molecule has 0 saturated carbocycles. The molecule has 6 nitrogen and oxygen atoms in total. The van der Waals surface area contributed by atoms with Crippen LogP contribution < -0.4 is 5.32 Å². The van der Waals surface area contributed by atoms with E-state index >= 15 is 0 Å². The number of nitrogens with zero attached hydrogens (tertiary/aromatic N) is 3. The molecule has 3 aromatic rings. The predicted molar refractivity (Wildman–Crippen MR) is 109 cm³/mol. The maximum atomic E-state index is 5.95. The fraction of sp³-hybridized carbons (Fsp3) is 0.364. The van der Waals surface area contributed by atoms with E-state index in [1.165, 1.54) is 5.56 Å². The van der Waals surface area contributed by atoms with E-state index in [2.05, 4.69) is 64.2 Å². The van der Waals surface area contributed by atoms with Gasteiger partial charge in [0.25, 0.3) is 0 Å². The van der Waals surface area contributed by atoms with Crippen molar-refractivity contribution in [2.45, 2.75) is 38.7 Å². The Balaban J connectivity index is 1.41. The Hall–Kier alpha value is -2.70. The van der Waals surface area contributed by atoms with Crippen LogP contribution in [0.1, 0.15) is 30.5 Å². The molecule has 2 aromatic carbocycles. The summed E-state index contributed by atoms with van der Waals surface area (Å²) in [4.78, 5) is 0. The maximum Gasteiger partial charge on any atom is 0.158 e. The van der Waals surface area contributed by atoms with Crippen LogP contribution in [0.2, 0.25) is 0 Å². The number of hydrogen-bond donors (Lipinski definition) is 1. The minimum Gasteiger partial charge on any atom is -0.381 e. The Morgan fingerprint density at radius 3 is 2.68 bits per heavy atom. The highest BCUT2D eigenvalue weighted by molar-refractivity contribution is 5.64. The summed E-state index contributed by atoms with van der Waals surface area (Å²) in [6.45, 7) is 2.02. The number of aryl methyl sites for hydroxylation is 1. The second kappa shape index (κ2) is 8.99. The van der Waals surface area contributed by atoms with E-state index in [1.54, 1.807) is 4.68 Å². The largest absolute Gasteiger partial charge is 0.381 e. The van der Waals surface area contributed by atoms with Crippen molar-refractivity contribution in [3.8, 4) is 11.3 Å². The molecule has 1 saturated heterocycles. The molecule has 1 atom stereocenters. The molecular weight excluding hydrogens is 352 g/mol. The van der Waals surface area contributed by atoms with Crippen LogP contribution in [-0.4, -0.2) is 27.9 Å². The van der Waals surface area contributed by atoms with E-state index in [0.717, 1.165) is 55.1 Å². The van der Waals surface area contributed by atoms with Crippen molar-refractivity contribution in [1.82, 2.24) is 15.0 Å². The van der Waals surface area contributed by atoms with Crippen molar-refractivity contribution >= 4 is 5.69 Å². The molecule has 1 aliphatic rings. The normalized spacial score (nSPS) is 16.8. The first kappa shape index (κ1) is 18.7. The number of aromatic nitrogens is 3. The number of ether oxygens (including phenoxy) is 2. The van der Waals surface area contributed by atoms with Gasteiger partial charge in [0.1, 0.15) is 5.69 Å². The van der Waals surface area contributed by atoms with Crippen LogP contribution in [-0.2, 0) is 29.7 Å². The molecule has 0 radical (unpaired) electrons. The summed E-state index contributed by atoms with van der Waals surface area (Å²) in [6, 6.07) is 18.6. The van der Waals surface area contributed by atoms with Gasteiger partial charge in [-0.2, -0.15) is 0 Å². The van der Waals surface area contributed by atoms with Crippen LogP contribution in [0.15, 0.2) is 54.6 Å². The van der Waals surface area contributed by atoms with Crippen LogP contribution in [0.25, 0.3) is 11.3 Å². The van der Waals surface area contributed by atoms with Gasteiger partial charge in [0.15, 0.2) is 6.29 Å². The van der Waals surface area contributed by atoms with Gasteiger partial charge < -0.3 is 14.8 Å². The topological polar surface area (TPSA) is 61.2 Å². The summed E-state index contributed by atoms with van der Waals surface area (Å²) in [6.07, 6.45) is 3.09. The molecule has 146 valence electrons. The van der Waals surface area contributed by atoms with Gasteiger partial charge in [0, 0.05) is 31.5 Å².